The molecule has 44 heavy (non-hydrogen) atoms. The summed E-state index contributed by atoms with van der Waals surface area (Å²) in [5.74, 6) is -2.86. The third-order valence-corrected chi connectivity index (χ3v) is 9.48. The van der Waals surface area contributed by atoms with E-state index in [-0.39, 0.29) is 23.4 Å². The number of carbonyl (C=O) groups is 2. The molecule has 3 aromatic carbocycles. The zero-order valence-electron chi connectivity index (χ0n) is 23.8. The van der Waals surface area contributed by atoms with Crippen LogP contribution >= 0.6 is 11.3 Å². The van der Waals surface area contributed by atoms with E-state index < -0.39 is 17.6 Å². The van der Waals surface area contributed by atoms with E-state index in [4.69, 9.17) is 4.98 Å². The first-order valence-corrected chi connectivity index (χ1v) is 15.2. The highest BCUT2D eigenvalue weighted by Gasteiger charge is 2.29. The fraction of sp³-hybridized carbons (Fsp3) is 0.171. The van der Waals surface area contributed by atoms with Gasteiger partial charge in [0, 0.05) is 29.1 Å². The second-order valence-corrected chi connectivity index (χ2v) is 12.2. The summed E-state index contributed by atoms with van der Waals surface area (Å²) in [4.78, 5) is 32.6. The highest BCUT2D eigenvalue weighted by molar-refractivity contribution is 7.21. The molecule has 0 saturated carbocycles. The largest absolute Gasteiger partial charge is 0.477 e. The summed E-state index contributed by atoms with van der Waals surface area (Å²) < 4.78 is 30.2. The van der Waals surface area contributed by atoms with Crippen molar-refractivity contribution in [1.82, 2.24) is 14.5 Å². The van der Waals surface area contributed by atoms with Crippen molar-refractivity contribution >= 4 is 44.3 Å². The first kappa shape index (κ1) is 27.9. The Bertz CT molecular complexity index is 2090. The fourth-order valence-electron chi connectivity index (χ4n) is 6.19. The predicted molar refractivity (Wildman–Crippen MR) is 169 cm³/mol. The van der Waals surface area contributed by atoms with E-state index in [1.165, 1.54) is 17.4 Å². The molecule has 3 aromatic heterocycles. The van der Waals surface area contributed by atoms with Crippen molar-refractivity contribution in [2.24, 2.45) is 0 Å². The minimum atomic E-state index is -1.01. The van der Waals surface area contributed by atoms with Gasteiger partial charge in [-0.25, -0.2) is 18.6 Å². The summed E-state index contributed by atoms with van der Waals surface area (Å²) in [5.41, 5.74) is 5.82. The molecule has 6 nitrogen and oxygen atoms in total. The standard InChI is InChI=1S/C35H27F2N3O3S/c1-20-6-5-15-39(20)31(41)19-40-29-18-30(35(42)43)44-34(29)32(21-7-3-2-4-8-21)33(40)24-11-14-27-22(16-24)10-13-28(38-27)23-9-12-25(36)26(37)17-23/h2-4,7-14,16-18,20H,5-6,15,19H2,1H3,(H,42,43). The number of halogens is 2. The van der Waals surface area contributed by atoms with Gasteiger partial charge >= 0.3 is 5.97 Å². The molecule has 0 bridgehead atoms. The number of carboxylic acid groups (broad SMARTS) is 1. The van der Waals surface area contributed by atoms with Crippen LogP contribution in [0, 0.1) is 11.6 Å². The Hall–Kier alpha value is -4.89. The summed E-state index contributed by atoms with van der Waals surface area (Å²) in [7, 11) is 0. The molecular weight excluding hydrogens is 580 g/mol. The van der Waals surface area contributed by atoms with Gasteiger partial charge in [-0.15, -0.1) is 11.3 Å². The van der Waals surface area contributed by atoms with Crippen LogP contribution in [-0.4, -0.2) is 44.0 Å². The van der Waals surface area contributed by atoms with Crippen LogP contribution < -0.4 is 0 Å². The molecule has 1 N–H and O–H groups in total. The number of carbonyl (C=O) groups excluding carboxylic acids is 1. The molecule has 0 radical (unpaired) electrons. The molecular formula is C35H27F2N3O3S. The summed E-state index contributed by atoms with van der Waals surface area (Å²) in [6, 6.07) is 24.8. The Kier molecular flexibility index (Phi) is 6.97. The maximum absolute atomic E-state index is 13.9. The second kappa shape index (κ2) is 11.0. The number of benzene rings is 3. The van der Waals surface area contributed by atoms with Crippen molar-refractivity contribution < 1.29 is 23.5 Å². The van der Waals surface area contributed by atoms with Crippen molar-refractivity contribution in [2.45, 2.75) is 32.4 Å². The number of aromatic nitrogens is 2. The summed E-state index contributed by atoms with van der Waals surface area (Å²) >= 11 is 1.21. The molecule has 4 heterocycles. The number of aromatic carboxylic acids is 1. The van der Waals surface area contributed by atoms with Gasteiger partial charge in [0.25, 0.3) is 0 Å². The van der Waals surface area contributed by atoms with Crippen LogP contribution in [0.15, 0.2) is 84.9 Å². The molecule has 1 saturated heterocycles. The zero-order valence-corrected chi connectivity index (χ0v) is 24.6. The van der Waals surface area contributed by atoms with Crippen LogP contribution in [0.5, 0.6) is 0 Å². The normalized spacial score (nSPS) is 15.0. The maximum Gasteiger partial charge on any atom is 0.345 e. The molecule has 9 heteroatoms. The van der Waals surface area contributed by atoms with E-state index >= 15 is 0 Å². The van der Waals surface area contributed by atoms with Gasteiger partial charge in [-0.1, -0.05) is 42.5 Å². The van der Waals surface area contributed by atoms with E-state index in [2.05, 4.69) is 6.92 Å². The van der Waals surface area contributed by atoms with Crippen LogP contribution in [-0.2, 0) is 11.3 Å². The number of hydrogen-bond donors (Lipinski definition) is 1. The quantitative estimate of drug-likeness (QED) is 0.207. The lowest BCUT2D eigenvalue weighted by Crippen LogP contribution is -2.36. The topological polar surface area (TPSA) is 75.4 Å². The Labute approximate surface area is 255 Å². The van der Waals surface area contributed by atoms with Gasteiger partial charge in [0.2, 0.25) is 5.91 Å². The number of pyridine rings is 1. The van der Waals surface area contributed by atoms with Crippen LogP contribution in [0.2, 0.25) is 0 Å². The number of carboxylic acids is 1. The first-order valence-electron chi connectivity index (χ1n) is 14.4. The SMILES string of the molecule is CC1CCCN1C(=O)Cn1c(-c2ccc3nc(-c4ccc(F)c(F)c4)ccc3c2)c(-c2ccccc2)c2sc(C(=O)O)cc21. The third kappa shape index (κ3) is 4.83. The number of rotatable bonds is 6. The summed E-state index contributed by atoms with van der Waals surface area (Å²) in [6.07, 6.45) is 1.92. The Balaban J connectivity index is 1.42. The second-order valence-electron chi connectivity index (χ2n) is 11.1. The van der Waals surface area contributed by atoms with Gasteiger partial charge < -0.3 is 14.6 Å². The van der Waals surface area contributed by atoms with Gasteiger partial charge in [-0.3, -0.25) is 4.79 Å². The number of nitrogens with zero attached hydrogens (tertiary/aromatic N) is 3. The monoisotopic (exact) mass is 607 g/mol. The van der Waals surface area contributed by atoms with Crippen molar-refractivity contribution in [3.05, 3.63) is 101 Å². The molecule has 0 aliphatic carbocycles. The van der Waals surface area contributed by atoms with E-state index in [0.717, 1.165) is 57.4 Å². The average Bonchev–Trinajstić information content (AvgIpc) is 3.73. The van der Waals surface area contributed by atoms with Crippen LogP contribution in [0.4, 0.5) is 8.78 Å². The van der Waals surface area contributed by atoms with Crippen LogP contribution in [0.1, 0.15) is 29.4 Å². The first-order chi connectivity index (χ1) is 21.3. The van der Waals surface area contributed by atoms with Gasteiger partial charge in [0.1, 0.15) is 11.4 Å². The Morgan fingerprint density at radius 3 is 2.45 bits per heavy atom. The van der Waals surface area contributed by atoms with Crippen molar-refractivity contribution in [3.8, 4) is 33.6 Å². The van der Waals surface area contributed by atoms with Crippen molar-refractivity contribution in [1.29, 1.82) is 0 Å². The summed E-state index contributed by atoms with van der Waals surface area (Å²) in [6.45, 7) is 2.84. The highest BCUT2D eigenvalue weighted by Crippen LogP contribution is 2.45. The number of likely N-dealkylation sites (tertiary alicyclic amines) is 1. The molecule has 1 aliphatic heterocycles. The van der Waals surface area contributed by atoms with Gasteiger partial charge in [0.05, 0.1) is 27.1 Å². The molecule has 1 atom stereocenters. The number of amides is 1. The third-order valence-electron chi connectivity index (χ3n) is 8.35. The molecule has 1 unspecified atom stereocenters. The van der Waals surface area contributed by atoms with Crippen molar-refractivity contribution in [3.63, 3.8) is 0 Å². The molecule has 6 aromatic rings. The predicted octanol–water partition coefficient (Wildman–Crippen LogP) is 8.24. The number of hydrogen-bond acceptors (Lipinski definition) is 4. The van der Waals surface area contributed by atoms with Gasteiger partial charge in [-0.05, 0) is 73.4 Å². The van der Waals surface area contributed by atoms with Crippen molar-refractivity contribution in [2.75, 3.05) is 6.54 Å². The molecule has 1 aliphatic rings. The van der Waals surface area contributed by atoms with Crippen LogP contribution in [0.25, 0.3) is 54.8 Å². The smallest absolute Gasteiger partial charge is 0.345 e. The van der Waals surface area contributed by atoms with Gasteiger partial charge in [0.15, 0.2) is 11.6 Å². The van der Waals surface area contributed by atoms with Crippen LogP contribution in [0.3, 0.4) is 0 Å². The van der Waals surface area contributed by atoms with E-state index in [1.807, 2.05) is 64.1 Å². The lowest BCUT2D eigenvalue weighted by Gasteiger charge is -2.23. The van der Waals surface area contributed by atoms with E-state index in [9.17, 15) is 23.5 Å². The molecule has 220 valence electrons. The number of thiophene rings is 1. The van der Waals surface area contributed by atoms with E-state index in [1.54, 1.807) is 12.1 Å². The molecule has 1 fully saturated rings. The lowest BCUT2D eigenvalue weighted by molar-refractivity contribution is -0.132. The maximum atomic E-state index is 13.9. The zero-order chi connectivity index (χ0) is 30.5. The van der Waals surface area contributed by atoms with E-state index in [0.29, 0.717) is 28.8 Å². The Morgan fingerprint density at radius 1 is 0.932 bits per heavy atom. The fourth-order valence-corrected chi connectivity index (χ4v) is 7.25. The summed E-state index contributed by atoms with van der Waals surface area (Å²) in [5, 5.41) is 10.7. The average molecular weight is 608 g/mol. The minimum Gasteiger partial charge on any atom is -0.477 e. The Morgan fingerprint density at radius 2 is 1.73 bits per heavy atom. The molecule has 1 amide bonds. The highest BCUT2D eigenvalue weighted by atomic mass is 32.1. The molecule has 0 spiro atoms. The lowest BCUT2D eigenvalue weighted by atomic mass is 9.99. The van der Waals surface area contributed by atoms with Gasteiger partial charge in [-0.2, -0.15) is 0 Å². The number of fused-ring (bicyclic) bond motifs is 2. The minimum absolute atomic E-state index is 0.00513. The molecule has 7 rings (SSSR count).